The number of aliphatic hydroxyl groups excluding tert-OH is 2. The van der Waals surface area contributed by atoms with Crippen molar-refractivity contribution in [1.82, 2.24) is 0 Å². The van der Waals surface area contributed by atoms with Crippen molar-refractivity contribution < 1.29 is 24.5 Å². The highest BCUT2D eigenvalue weighted by molar-refractivity contribution is 5.84. The van der Waals surface area contributed by atoms with E-state index in [1.54, 1.807) is 0 Å². The number of Topliss-reactive ketones (excluding diaryl/α,β-unsaturated/α-hetero) is 1. The van der Waals surface area contributed by atoms with Crippen LogP contribution in [0.1, 0.15) is 65.7 Å². The number of ether oxygens (including phenoxy) is 1. The zero-order valence-electron chi connectivity index (χ0n) is 16.1. The van der Waals surface area contributed by atoms with Gasteiger partial charge in [-0.2, -0.15) is 0 Å². The molecule has 0 amide bonds. The van der Waals surface area contributed by atoms with Gasteiger partial charge >= 0.3 is 5.97 Å². The minimum Gasteiger partial charge on any atom is -0.459 e. The van der Waals surface area contributed by atoms with Crippen LogP contribution in [0.15, 0.2) is 0 Å². The van der Waals surface area contributed by atoms with E-state index in [9.17, 15) is 19.8 Å². The van der Waals surface area contributed by atoms with Gasteiger partial charge in [0.05, 0.1) is 18.1 Å². The van der Waals surface area contributed by atoms with Crippen LogP contribution in [0.25, 0.3) is 0 Å². The largest absolute Gasteiger partial charge is 0.459 e. The molecular weight excluding hydrogens is 332 g/mol. The van der Waals surface area contributed by atoms with Crippen molar-refractivity contribution in [3.8, 4) is 0 Å². The van der Waals surface area contributed by atoms with Crippen LogP contribution < -0.4 is 0 Å². The molecule has 0 aliphatic heterocycles. The molecule has 0 aromatic rings. The van der Waals surface area contributed by atoms with Crippen LogP contribution in [-0.2, 0) is 14.3 Å². The minimum absolute atomic E-state index is 0.0614. The molecule has 0 heterocycles. The fourth-order valence-corrected chi connectivity index (χ4v) is 7.40. The highest BCUT2D eigenvalue weighted by Gasteiger charge is 2.64. The van der Waals surface area contributed by atoms with E-state index < -0.39 is 24.1 Å². The lowest BCUT2D eigenvalue weighted by atomic mass is 9.44. The number of rotatable bonds is 1. The van der Waals surface area contributed by atoms with Crippen molar-refractivity contribution in [3.63, 3.8) is 0 Å². The average molecular weight is 364 g/mol. The first kappa shape index (κ1) is 18.4. The van der Waals surface area contributed by atoms with Crippen LogP contribution in [0.2, 0.25) is 0 Å². The van der Waals surface area contributed by atoms with Crippen molar-refractivity contribution in [1.29, 1.82) is 0 Å². The summed E-state index contributed by atoms with van der Waals surface area (Å²) in [6, 6.07) is 0. The minimum atomic E-state index is -0.750. The van der Waals surface area contributed by atoms with Gasteiger partial charge in [0, 0.05) is 13.3 Å². The molecule has 0 aromatic heterocycles. The summed E-state index contributed by atoms with van der Waals surface area (Å²) in [5.74, 6) is 0.434. The van der Waals surface area contributed by atoms with Crippen LogP contribution in [0.4, 0.5) is 0 Å². The molecule has 4 aliphatic rings. The lowest BCUT2D eigenvalue weighted by Gasteiger charge is -2.60. The van der Waals surface area contributed by atoms with Gasteiger partial charge in [0.1, 0.15) is 11.9 Å². The predicted octanol–water partition coefficient (Wildman–Crippen LogP) is 2.47. The van der Waals surface area contributed by atoms with Crippen LogP contribution in [0.3, 0.4) is 0 Å². The Hall–Kier alpha value is -0.940. The van der Waals surface area contributed by atoms with Gasteiger partial charge < -0.3 is 14.9 Å². The molecule has 2 N–H and O–H groups in total. The third-order valence-electron chi connectivity index (χ3n) is 8.72. The number of carbonyl (C=O) groups is 2. The van der Waals surface area contributed by atoms with Gasteiger partial charge in [-0.25, -0.2) is 0 Å². The summed E-state index contributed by atoms with van der Waals surface area (Å²) >= 11 is 0. The molecule has 4 saturated carbocycles. The quantitative estimate of drug-likeness (QED) is 0.698. The zero-order valence-corrected chi connectivity index (χ0v) is 16.1. The number of esters is 1. The summed E-state index contributed by atoms with van der Waals surface area (Å²) in [6.07, 6.45) is 4.02. The summed E-state index contributed by atoms with van der Waals surface area (Å²) in [7, 11) is 0. The average Bonchev–Trinajstić information content (AvgIpc) is 2.86. The van der Waals surface area contributed by atoms with Gasteiger partial charge in [-0.05, 0) is 67.1 Å². The Morgan fingerprint density at radius 2 is 1.69 bits per heavy atom. The normalized spacial score (nSPS) is 53.4. The number of carbonyl (C=O) groups excluding carboxylic acids is 2. The highest BCUT2D eigenvalue weighted by Crippen LogP contribution is 2.65. The number of ketones is 1. The molecule has 0 aromatic carbocycles. The van der Waals surface area contributed by atoms with E-state index in [4.69, 9.17) is 4.74 Å². The van der Waals surface area contributed by atoms with E-state index in [1.165, 1.54) is 6.92 Å². The molecule has 146 valence electrons. The lowest BCUT2D eigenvalue weighted by molar-refractivity contribution is -0.196. The van der Waals surface area contributed by atoms with Crippen LogP contribution in [-0.4, -0.2) is 40.3 Å². The van der Waals surface area contributed by atoms with Crippen molar-refractivity contribution >= 4 is 11.8 Å². The monoisotopic (exact) mass is 364 g/mol. The number of hydrogen-bond donors (Lipinski definition) is 2. The Bertz CT molecular complexity index is 618. The second-order valence-corrected chi connectivity index (χ2v) is 9.85. The SMILES string of the molecule is CC(=O)OC1[C@@H](O)CC[C@@]2(C)[C@H]1C(=O)C[C@@H]1[C@@H]2CC[C@]2(C)[C@@H](O)CC[C@@H]12. The van der Waals surface area contributed by atoms with Gasteiger partial charge in [-0.3, -0.25) is 9.59 Å². The van der Waals surface area contributed by atoms with Gasteiger partial charge in [0.15, 0.2) is 0 Å². The first-order valence-corrected chi connectivity index (χ1v) is 10.2. The molecule has 0 radical (unpaired) electrons. The van der Waals surface area contributed by atoms with E-state index in [1.807, 2.05) is 0 Å². The first-order chi connectivity index (χ1) is 12.2. The molecule has 0 saturated heterocycles. The molecule has 0 spiro atoms. The summed E-state index contributed by atoms with van der Waals surface area (Å²) in [6.45, 7) is 5.74. The summed E-state index contributed by atoms with van der Waals surface area (Å²) in [4.78, 5) is 24.8. The fraction of sp³-hybridized carbons (Fsp3) is 0.905. The first-order valence-electron chi connectivity index (χ1n) is 10.2. The highest BCUT2D eigenvalue weighted by atomic mass is 16.6. The molecule has 26 heavy (non-hydrogen) atoms. The van der Waals surface area contributed by atoms with E-state index in [0.29, 0.717) is 30.6 Å². The van der Waals surface area contributed by atoms with Gasteiger partial charge in [-0.15, -0.1) is 0 Å². The summed E-state index contributed by atoms with van der Waals surface area (Å²) < 4.78 is 5.46. The fourth-order valence-electron chi connectivity index (χ4n) is 7.40. The molecule has 5 heteroatoms. The van der Waals surface area contributed by atoms with E-state index in [0.717, 1.165) is 32.1 Å². The van der Waals surface area contributed by atoms with Crippen LogP contribution >= 0.6 is 0 Å². The molecule has 4 rings (SSSR count). The van der Waals surface area contributed by atoms with E-state index >= 15 is 0 Å². The van der Waals surface area contributed by atoms with Gasteiger partial charge in [0.25, 0.3) is 0 Å². The van der Waals surface area contributed by atoms with Crippen molar-refractivity contribution in [2.24, 2.45) is 34.5 Å². The van der Waals surface area contributed by atoms with Crippen molar-refractivity contribution in [2.45, 2.75) is 84.0 Å². The maximum atomic E-state index is 13.2. The maximum absolute atomic E-state index is 13.2. The maximum Gasteiger partial charge on any atom is 0.303 e. The van der Waals surface area contributed by atoms with Crippen molar-refractivity contribution in [3.05, 3.63) is 0 Å². The number of hydrogen-bond acceptors (Lipinski definition) is 5. The van der Waals surface area contributed by atoms with Crippen LogP contribution in [0, 0.1) is 34.5 Å². The van der Waals surface area contributed by atoms with E-state index in [-0.39, 0.29) is 22.7 Å². The third kappa shape index (κ3) is 2.42. The second kappa shape index (κ2) is 6.03. The predicted molar refractivity (Wildman–Crippen MR) is 95.1 cm³/mol. The Kier molecular flexibility index (Phi) is 4.27. The van der Waals surface area contributed by atoms with Crippen LogP contribution in [0.5, 0.6) is 0 Å². The number of fused-ring (bicyclic) bond motifs is 5. The summed E-state index contributed by atoms with van der Waals surface area (Å²) in [5.41, 5.74) is -0.289. The Morgan fingerprint density at radius 3 is 2.38 bits per heavy atom. The molecular formula is C21H32O5. The summed E-state index contributed by atoms with van der Waals surface area (Å²) in [5, 5.41) is 21.0. The molecule has 9 atom stereocenters. The Labute approximate surface area is 155 Å². The molecule has 4 aliphatic carbocycles. The lowest BCUT2D eigenvalue weighted by Crippen LogP contribution is -2.62. The molecule has 0 bridgehead atoms. The smallest absolute Gasteiger partial charge is 0.303 e. The molecule has 4 fully saturated rings. The zero-order chi connectivity index (χ0) is 18.9. The molecule has 5 nitrogen and oxygen atoms in total. The Morgan fingerprint density at radius 1 is 1.04 bits per heavy atom. The van der Waals surface area contributed by atoms with Crippen molar-refractivity contribution in [2.75, 3.05) is 0 Å². The topological polar surface area (TPSA) is 83.8 Å². The number of aliphatic hydroxyl groups is 2. The van der Waals surface area contributed by atoms with Gasteiger partial charge in [-0.1, -0.05) is 13.8 Å². The Balaban J connectivity index is 1.68. The standard InChI is InChI=1S/C21H32O5/c1-11(22)26-19-15(23)7-9-21(3)14-6-8-20(2)13(4-5-17(20)25)12(14)10-16(24)18(19)21/h12-15,17-19,23,25H,4-10H2,1-3H3/t12-,13-,14-,15-,17-,18-,19?,20-,21+/m0/s1. The van der Waals surface area contributed by atoms with E-state index in [2.05, 4.69) is 13.8 Å². The second-order valence-electron chi connectivity index (χ2n) is 9.85. The molecule has 1 unspecified atom stereocenters. The third-order valence-corrected chi connectivity index (χ3v) is 8.72. The van der Waals surface area contributed by atoms with Gasteiger partial charge in [0.2, 0.25) is 0 Å².